The lowest BCUT2D eigenvalue weighted by Gasteiger charge is -2.24. The molecule has 1 N–H and O–H groups in total. The number of amides is 2. The fraction of sp³-hybridized carbons (Fsp3) is 0.647. The summed E-state index contributed by atoms with van der Waals surface area (Å²) < 4.78 is 27.0. The maximum Gasteiger partial charge on any atom is 0.229 e. The summed E-state index contributed by atoms with van der Waals surface area (Å²) in [5.74, 6) is 0.289. The van der Waals surface area contributed by atoms with Gasteiger partial charge in [-0.1, -0.05) is 0 Å². The van der Waals surface area contributed by atoms with Crippen LogP contribution in [0.4, 0.5) is 5.82 Å². The van der Waals surface area contributed by atoms with E-state index in [1.165, 1.54) is 0 Å². The molecule has 1 aromatic heterocycles. The molecule has 1 aromatic rings. The number of hydrogen-bond acceptors (Lipinski definition) is 7. The highest BCUT2D eigenvalue weighted by atomic mass is 32.2. The fourth-order valence-corrected chi connectivity index (χ4v) is 4.22. The van der Waals surface area contributed by atoms with Gasteiger partial charge >= 0.3 is 0 Å². The number of aryl methyl sites for hydroxylation is 1. The average Bonchev–Trinajstić information content (AvgIpc) is 3.14. The lowest BCUT2D eigenvalue weighted by Crippen LogP contribution is -2.44. The number of rotatable bonds is 7. The number of aromatic nitrogens is 2. The molecule has 148 valence electrons. The van der Waals surface area contributed by atoms with E-state index in [1.807, 2.05) is 13.0 Å². The van der Waals surface area contributed by atoms with Crippen molar-refractivity contribution in [1.82, 2.24) is 19.6 Å². The van der Waals surface area contributed by atoms with Crippen LogP contribution in [0.25, 0.3) is 0 Å². The molecule has 2 aliphatic heterocycles. The highest BCUT2D eigenvalue weighted by Crippen LogP contribution is 2.18. The van der Waals surface area contributed by atoms with Crippen LogP contribution in [-0.4, -0.2) is 60.5 Å². The smallest absolute Gasteiger partial charge is 0.229 e. The van der Waals surface area contributed by atoms with Crippen LogP contribution in [0.5, 0.6) is 0 Å². The van der Waals surface area contributed by atoms with Gasteiger partial charge in [0, 0.05) is 44.2 Å². The second-order valence-corrected chi connectivity index (χ2v) is 8.84. The van der Waals surface area contributed by atoms with E-state index in [0.717, 1.165) is 42.3 Å². The quantitative estimate of drug-likeness (QED) is 0.663. The van der Waals surface area contributed by atoms with Crippen LogP contribution in [0.1, 0.15) is 43.6 Å². The van der Waals surface area contributed by atoms with Gasteiger partial charge in [-0.05, 0) is 26.2 Å². The number of piperidine rings is 1. The molecule has 2 fully saturated rings. The monoisotopic (exact) mass is 395 g/mol. The summed E-state index contributed by atoms with van der Waals surface area (Å²) in [5.41, 5.74) is 0.783. The number of nitrogens with one attached hydrogen (secondary N) is 1. The van der Waals surface area contributed by atoms with Crippen molar-refractivity contribution in [2.75, 3.05) is 30.3 Å². The van der Waals surface area contributed by atoms with Gasteiger partial charge in [-0.3, -0.25) is 14.5 Å². The van der Waals surface area contributed by atoms with Gasteiger partial charge in [0.2, 0.25) is 21.8 Å². The van der Waals surface area contributed by atoms with Crippen LogP contribution in [0.2, 0.25) is 0 Å². The maximum atomic E-state index is 12.3. The zero-order chi connectivity index (χ0) is 19.4. The Morgan fingerprint density at radius 2 is 1.74 bits per heavy atom. The van der Waals surface area contributed by atoms with Crippen molar-refractivity contribution in [1.29, 1.82) is 0 Å². The predicted octanol–water partition coefficient (Wildman–Crippen LogP) is 0.344. The largest absolute Gasteiger partial charge is 0.357 e. The van der Waals surface area contributed by atoms with Crippen molar-refractivity contribution in [2.45, 2.75) is 45.6 Å². The SMILES string of the molecule is Cc1cc(N2CCCC2)nc(CNS(=O)(=O)CCN2C(=O)CCCC2=O)n1. The number of carbonyl (C=O) groups is 2. The number of hydrogen-bond donors (Lipinski definition) is 1. The molecule has 9 nitrogen and oxygen atoms in total. The third kappa shape index (κ3) is 5.23. The number of sulfonamides is 1. The molecule has 0 aliphatic carbocycles. The lowest BCUT2D eigenvalue weighted by molar-refractivity contribution is -0.147. The van der Waals surface area contributed by atoms with E-state index < -0.39 is 10.0 Å². The van der Waals surface area contributed by atoms with Crippen LogP contribution in [0.15, 0.2) is 6.07 Å². The summed E-state index contributed by atoms with van der Waals surface area (Å²) in [6, 6.07) is 1.90. The molecule has 0 aromatic carbocycles. The highest BCUT2D eigenvalue weighted by molar-refractivity contribution is 7.89. The molecular formula is C17H25N5O4S. The summed E-state index contributed by atoms with van der Waals surface area (Å²) in [6.07, 6.45) is 3.35. The zero-order valence-electron chi connectivity index (χ0n) is 15.5. The summed E-state index contributed by atoms with van der Waals surface area (Å²) >= 11 is 0. The molecule has 10 heteroatoms. The van der Waals surface area contributed by atoms with E-state index in [-0.39, 0.29) is 43.5 Å². The average molecular weight is 395 g/mol. The summed E-state index contributed by atoms with van der Waals surface area (Å²) in [5, 5.41) is 0. The summed E-state index contributed by atoms with van der Waals surface area (Å²) in [6.45, 7) is 3.60. The normalized spacial score (nSPS) is 18.4. The first kappa shape index (κ1) is 19.7. The molecule has 0 unspecified atom stereocenters. The molecule has 0 bridgehead atoms. The van der Waals surface area contributed by atoms with Gasteiger partial charge in [-0.2, -0.15) is 0 Å². The van der Waals surface area contributed by atoms with E-state index in [2.05, 4.69) is 19.6 Å². The Hall–Kier alpha value is -2.07. The van der Waals surface area contributed by atoms with Crippen molar-refractivity contribution in [3.63, 3.8) is 0 Å². The van der Waals surface area contributed by atoms with Gasteiger partial charge in [0.05, 0.1) is 12.3 Å². The van der Waals surface area contributed by atoms with Crippen molar-refractivity contribution in [2.24, 2.45) is 0 Å². The standard InChI is InChI=1S/C17H25N5O4S/c1-13-11-15(21-7-2-3-8-21)20-14(19-13)12-18-27(25,26)10-9-22-16(23)5-4-6-17(22)24/h11,18H,2-10,12H2,1H3. The molecule has 2 saturated heterocycles. The van der Waals surface area contributed by atoms with Crippen LogP contribution in [-0.2, 0) is 26.2 Å². The van der Waals surface area contributed by atoms with Gasteiger partial charge in [-0.25, -0.2) is 23.1 Å². The molecule has 3 heterocycles. The van der Waals surface area contributed by atoms with Gasteiger partial charge in [0.1, 0.15) is 11.6 Å². The van der Waals surface area contributed by atoms with Gasteiger partial charge in [0.15, 0.2) is 0 Å². The second-order valence-electron chi connectivity index (χ2n) is 6.91. The van der Waals surface area contributed by atoms with Crippen LogP contribution in [0, 0.1) is 6.92 Å². The Morgan fingerprint density at radius 1 is 1.07 bits per heavy atom. The van der Waals surface area contributed by atoms with Crippen LogP contribution < -0.4 is 9.62 Å². The summed E-state index contributed by atoms with van der Waals surface area (Å²) in [4.78, 5) is 35.5. The second kappa shape index (κ2) is 8.30. The van der Waals surface area contributed by atoms with Crippen molar-refractivity contribution in [3.8, 4) is 0 Å². The Kier molecular flexibility index (Phi) is 6.05. The predicted molar refractivity (Wildman–Crippen MR) is 99.4 cm³/mol. The fourth-order valence-electron chi connectivity index (χ4n) is 3.31. The van der Waals surface area contributed by atoms with Gasteiger partial charge < -0.3 is 4.90 Å². The minimum atomic E-state index is -3.66. The minimum Gasteiger partial charge on any atom is -0.357 e. The number of carbonyl (C=O) groups excluding carboxylic acids is 2. The lowest BCUT2D eigenvalue weighted by atomic mass is 10.1. The first-order valence-electron chi connectivity index (χ1n) is 9.24. The number of likely N-dealkylation sites (tertiary alicyclic amines) is 1. The molecule has 3 rings (SSSR count). The van der Waals surface area contributed by atoms with E-state index in [9.17, 15) is 18.0 Å². The van der Waals surface area contributed by atoms with E-state index in [0.29, 0.717) is 12.2 Å². The molecule has 2 aliphatic rings. The number of nitrogens with zero attached hydrogens (tertiary/aromatic N) is 4. The van der Waals surface area contributed by atoms with Crippen LogP contribution in [0.3, 0.4) is 0 Å². The first-order chi connectivity index (χ1) is 12.8. The van der Waals surface area contributed by atoms with Crippen molar-refractivity contribution in [3.05, 3.63) is 17.6 Å². The van der Waals surface area contributed by atoms with Gasteiger partial charge in [-0.15, -0.1) is 0 Å². The molecule has 0 radical (unpaired) electrons. The Balaban J connectivity index is 1.58. The Labute approximate surface area is 159 Å². The highest BCUT2D eigenvalue weighted by Gasteiger charge is 2.27. The topological polar surface area (TPSA) is 113 Å². The van der Waals surface area contributed by atoms with Crippen LogP contribution >= 0.6 is 0 Å². The van der Waals surface area contributed by atoms with Gasteiger partial charge in [0.25, 0.3) is 0 Å². The number of imide groups is 1. The number of anilines is 1. The third-order valence-corrected chi connectivity index (χ3v) is 6.04. The van der Waals surface area contributed by atoms with Crippen molar-refractivity contribution >= 4 is 27.7 Å². The first-order valence-corrected chi connectivity index (χ1v) is 10.9. The summed E-state index contributed by atoms with van der Waals surface area (Å²) in [7, 11) is -3.66. The Morgan fingerprint density at radius 3 is 2.41 bits per heavy atom. The van der Waals surface area contributed by atoms with E-state index in [1.54, 1.807) is 0 Å². The molecule has 0 atom stereocenters. The molecular weight excluding hydrogens is 370 g/mol. The third-order valence-electron chi connectivity index (χ3n) is 4.73. The minimum absolute atomic E-state index is 0.0211. The Bertz CT molecular complexity index is 805. The van der Waals surface area contributed by atoms with Crippen molar-refractivity contribution < 1.29 is 18.0 Å². The maximum absolute atomic E-state index is 12.3. The molecule has 0 saturated carbocycles. The molecule has 0 spiro atoms. The zero-order valence-corrected chi connectivity index (χ0v) is 16.3. The van der Waals surface area contributed by atoms with E-state index in [4.69, 9.17) is 0 Å². The molecule has 2 amide bonds. The molecule has 27 heavy (non-hydrogen) atoms. The van der Waals surface area contributed by atoms with E-state index >= 15 is 0 Å².